The fourth-order valence-electron chi connectivity index (χ4n) is 3.66. The third-order valence-electron chi connectivity index (χ3n) is 5.17. The largest absolute Gasteiger partial charge is 0.366 e. The summed E-state index contributed by atoms with van der Waals surface area (Å²) in [7, 11) is 0. The van der Waals surface area contributed by atoms with Crippen LogP contribution in [0.1, 0.15) is 42.1 Å². The maximum Gasteiger partial charge on any atom is 0.251 e. The second kappa shape index (κ2) is 9.00. The van der Waals surface area contributed by atoms with E-state index in [9.17, 15) is 4.79 Å². The minimum atomic E-state index is -0.101. The van der Waals surface area contributed by atoms with Crippen molar-refractivity contribution < 1.29 is 4.79 Å². The lowest BCUT2D eigenvalue weighted by molar-refractivity contribution is 0.0955. The average molecular weight is 431 g/mol. The Morgan fingerprint density at radius 3 is 2.69 bits per heavy atom. The number of halogens is 1. The van der Waals surface area contributed by atoms with Gasteiger partial charge in [-0.3, -0.25) is 4.79 Å². The Labute approximate surface area is 178 Å². The number of thioether (sulfide) groups is 1. The van der Waals surface area contributed by atoms with Gasteiger partial charge in [-0.1, -0.05) is 12.8 Å². The number of hydrogen-bond donors (Lipinski definition) is 2. The van der Waals surface area contributed by atoms with Gasteiger partial charge in [0.1, 0.15) is 0 Å². The van der Waals surface area contributed by atoms with Crippen molar-refractivity contribution in [3.8, 4) is 0 Å². The molecule has 0 radical (unpaired) electrons. The molecule has 152 valence electrons. The lowest BCUT2D eigenvalue weighted by Crippen LogP contribution is -2.28. The highest BCUT2D eigenvalue weighted by Gasteiger charge is 2.21. The number of hydrogen-bond acceptors (Lipinski definition) is 6. The summed E-state index contributed by atoms with van der Waals surface area (Å²) >= 11 is 7.80. The number of anilines is 1. The maximum absolute atomic E-state index is 12.3. The van der Waals surface area contributed by atoms with Crippen LogP contribution in [-0.4, -0.2) is 44.8 Å². The Balaban J connectivity index is 1.38. The van der Waals surface area contributed by atoms with Crippen LogP contribution < -0.4 is 10.6 Å². The van der Waals surface area contributed by atoms with E-state index in [0.29, 0.717) is 36.0 Å². The molecule has 4 rings (SSSR count). The molecule has 29 heavy (non-hydrogen) atoms. The lowest BCUT2D eigenvalue weighted by Gasteiger charge is -2.12. The molecule has 0 saturated heterocycles. The van der Waals surface area contributed by atoms with Crippen molar-refractivity contribution in [1.29, 1.82) is 0 Å². The molecule has 1 fully saturated rings. The zero-order chi connectivity index (χ0) is 20.2. The predicted molar refractivity (Wildman–Crippen MR) is 117 cm³/mol. The van der Waals surface area contributed by atoms with E-state index in [-0.39, 0.29) is 11.2 Å². The number of carbonyl (C=O) groups is 1. The van der Waals surface area contributed by atoms with E-state index < -0.39 is 0 Å². The first-order valence-corrected chi connectivity index (χ1v) is 11.3. The molecular formula is C20H23ClN6OS. The maximum atomic E-state index is 12.3. The Morgan fingerprint density at radius 1 is 1.21 bits per heavy atom. The molecule has 0 atom stereocenters. The molecule has 2 aromatic heterocycles. The van der Waals surface area contributed by atoms with E-state index >= 15 is 0 Å². The van der Waals surface area contributed by atoms with E-state index in [1.165, 1.54) is 12.8 Å². The Hall–Kier alpha value is -2.32. The zero-order valence-electron chi connectivity index (χ0n) is 16.2. The van der Waals surface area contributed by atoms with Crippen LogP contribution in [0.5, 0.6) is 0 Å². The summed E-state index contributed by atoms with van der Waals surface area (Å²) in [5.41, 5.74) is 2.11. The minimum Gasteiger partial charge on any atom is -0.366 e. The molecule has 1 aliphatic rings. The fraction of sp³-hybridized carbons (Fsp3) is 0.400. The SMILES string of the molecule is CSc1ccc(C(=O)NCCNc2nc(Cl)nc3c2ncn3C2CCCC2)cc1. The highest BCUT2D eigenvalue weighted by Crippen LogP contribution is 2.32. The second-order valence-electron chi connectivity index (χ2n) is 7.01. The van der Waals surface area contributed by atoms with Crippen molar-refractivity contribution in [3.63, 3.8) is 0 Å². The van der Waals surface area contributed by atoms with Crippen LogP contribution in [0, 0.1) is 0 Å². The number of nitrogens with one attached hydrogen (secondary N) is 2. The number of rotatable bonds is 7. The molecule has 1 saturated carbocycles. The smallest absolute Gasteiger partial charge is 0.251 e. The molecule has 3 aromatic rings. The second-order valence-corrected chi connectivity index (χ2v) is 8.23. The van der Waals surface area contributed by atoms with Gasteiger partial charge in [-0.05, 0) is 55.0 Å². The van der Waals surface area contributed by atoms with Gasteiger partial charge in [0.25, 0.3) is 5.91 Å². The van der Waals surface area contributed by atoms with Crippen LogP contribution >= 0.6 is 23.4 Å². The molecule has 0 aliphatic heterocycles. The van der Waals surface area contributed by atoms with Crippen molar-refractivity contribution in [2.24, 2.45) is 0 Å². The summed E-state index contributed by atoms with van der Waals surface area (Å²) in [4.78, 5) is 26.6. The third-order valence-corrected chi connectivity index (χ3v) is 6.08. The number of carbonyl (C=O) groups excluding carboxylic acids is 1. The molecule has 1 aliphatic carbocycles. The normalized spacial score (nSPS) is 14.4. The first kappa shape index (κ1) is 20.0. The van der Waals surface area contributed by atoms with Gasteiger partial charge in [0, 0.05) is 29.6 Å². The molecule has 0 unspecified atom stereocenters. The van der Waals surface area contributed by atoms with Crippen LogP contribution in [0.2, 0.25) is 5.28 Å². The topological polar surface area (TPSA) is 84.7 Å². The van der Waals surface area contributed by atoms with Crippen LogP contribution in [0.4, 0.5) is 5.82 Å². The molecule has 1 aromatic carbocycles. The average Bonchev–Trinajstić information content (AvgIpc) is 3.40. The van der Waals surface area contributed by atoms with Gasteiger partial charge in [0.05, 0.1) is 6.33 Å². The first-order valence-electron chi connectivity index (χ1n) is 9.72. The summed E-state index contributed by atoms with van der Waals surface area (Å²) in [5, 5.41) is 6.33. The number of amides is 1. The van der Waals surface area contributed by atoms with Crippen molar-refractivity contribution in [3.05, 3.63) is 41.4 Å². The number of aromatic nitrogens is 4. The van der Waals surface area contributed by atoms with E-state index in [2.05, 4.69) is 30.2 Å². The summed E-state index contributed by atoms with van der Waals surface area (Å²) in [6, 6.07) is 7.97. The molecule has 2 heterocycles. The first-order chi connectivity index (χ1) is 14.2. The van der Waals surface area contributed by atoms with E-state index in [1.807, 2.05) is 36.8 Å². The van der Waals surface area contributed by atoms with Crippen molar-refractivity contribution in [1.82, 2.24) is 24.8 Å². The minimum absolute atomic E-state index is 0.101. The lowest BCUT2D eigenvalue weighted by atomic mass is 10.2. The highest BCUT2D eigenvalue weighted by molar-refractivity contribution is 7.98. The highest BCUT2D eigenvalue weighted by atomic mass is 35.5. The predicted octanol–water partition coefficient (Wildman–Crippen LogP) is 4.16. The van der Waals surface area contributed by atoms with Gasteiger partial charge in [0.15, 0.2) is 17.0 Å². The Kier molecular flexibility index (Phi) is 6.20. The molecule has 2 N–H and O–H groups in total. The summed E-state index contributed by atoms with van der Waals surface area (Å²) in [6.07, 6.45) is 8.58. The number of nitrogens with zero attached hydrogens (tertiary/aromatic N) is 4. The molecule has 9 heteroatoms. The standard InChI is InChI=1S/C20H23ClN6OS/c1-29-15-8-6-13(7-9-15)19(28)23-11-10-22-17-16-18(26-20(21)25-17)27(12-24-16)14-4-2-3-5-14/h6-9,12,14H,2-5,10-11H2,1H3,(H,23,28)(H,22,25,26). The number of imidazole rings is 1. The van der Waals surface area contributed by atoms with Crippen LogP contribution in [0.15, 0.2) is 35.5 Å². The van der Waals surface area contributed by atoms with E-state index in [4.69, 9.17) is 11.6 Å². The van der Waals surface area contributed by atoms with Crippen LogP contribution in [0.25, 0.3) is 11.2 Å². The molecule has 1 amide bonds. The number of fused-ring (bicyclic) bond motifs is 1. The molecular weight excluding hydrogens is 408 g/mol. The van der Waals surface area contributed by atoms with E-state index in [1.54, 1.807) is 11.8 Å². The molecule has 0 spiro atoms. The zero-order valence-corrected chi connectivity index (χ0v) is 17.8. The summed E-state index contributed by atoms with van der Waals surface area (Å²) in [6.45, 7) is 0.961. The van der Waals surface area contributed by atoms with Crippen molar-refractivity contribution in [2.75, 3.05) is 24.7 Å². The molecule has 0 bridgehead atoms. The number of benzene rings is 1. The van der Waals surface area contributed by atoms with Crippen LogP contribution in [-0.2, 0) is 0 Å². The van der Waals surface area contributed by atoms with Gasteiger partial charge in [-0.2, -0.15) is 9.97 Å². The monoisotopic (exact) mass is 430 g/mol. The van der Waals surface area contributed by atoms with Gasteiger partial charge < -0.3 is 15.2 Å². The Bertz CT molecular complexity index is 1000. The molecule has 7 nitrogen and oxygen atoms in total. The third kappa shape index (κ3) is 4.48. The summed E-state index contributed by atoms with van der Waals surface area (Å²) in [5.74, 6) is 0.492. The van der Waals surface area contributed by atoms with Gasteiger partial charge in [-0.15, -0.1) is 11.8 Å². The van der Waals surface area contributed by atoms with Crippen LogP contribution in [0.3, 0.4) is 0 Å². The van der Waals surface area contributed by atoms with Gasteiger partial charge in [-0.25, -0.2) is 4.98 Å². The van der Waals surface area contributed by atoms with Crippen molar-refractivity contribution >= 4 is 46.3 Å². The van der Waals surface area contributed by atoms with Gasteiger partial charge >= 0.3 is 0 Å². The van der Waals surface area contributed by atoms with E-state index in [0.717, 1.165) is 23.4 Å². The Morgan fingerprint density at radius 2 is 1.97 bits per heavy atom. The quantitative estimate of drug-likeness (QED) is 0.332. The summed E-state index contributed by atoms with van der Waals surface area (Å²) < 4.78 is 2.11. The fourth-order valence-corrected chi connectivity index (χ4v) is 4.24. The van der Waals surface area contributed by atoms with Gasteiger partial charge in [0.2, 0.25) is 5.28 Å². The van der Waals surface area contributed by atoms with Crippen molar-refractivity contribution in [2.45, 2.75) is 36.6 Å².